The zero-order valence-corrected chi connectivity index (χ0v) is 14.7. The summed E-state index contributed by atoms with van der Waals surface area (Å²) in [6.07, 6.45) is 1.88. The first-order chi connectivity index (χ1) is 9.40. The van der Waals surface area contributed by atoms with Gasteiger partial charge in [-0.2, -0.15) is 8.42 Å². The predicted molar refractivity (Wildman–Crippen MR) is 82.5 cm³/mol. The van der Waals surface area contributed by atoms with Gasteiger partial charge in [-0.05, 0) is 20.3 Å². The highest BCUT2D eigenvalue weighted by molar-refractivity contribution is 7.85. The highest BCUT2D eigenvalue weighted by Crippen LogP contribution is 2.21. The third kappa shape index (κ3) is 9.82. The summed E-state index contributed by atoms with van der Waals surface area (Å²) >= 11 is 0. The lowest BCUT2D eigenvalue weighted by Gasteiger charge is -2.30. The van der Waals surface area contributed by atoms with Crippen molar-refractivity contribution in [3.8, 4) is 0 Å². The van der Waals surface area contributed by atoms with E-state index in [-0.39, 0.29) is 11.7 Å². The van der Waals surface area contributed by atoms with Gasteiger partial charge in [-0.1, -0.05) is 6.92 Å². The Bertz CT molecular complexity index is 429. The maximum Gasteiger partial charge on any atom is 0.311 e. The summed E-state index contributed by atoms with van der Waals surface area (Å²) in [7, 11) is 0.0942. The van der Waals surface area contributed by atoms with Crippen LogP contribution >= 0.6 is 0 Å². The zero-order chi connectivity index (χ0) is 16.7. The predicted octanol–water partition coefficient (Wildman–Crippen LogP) is 1.71. The molecule has 0 aliphatic carbocycles. The largest absolute Gasteiger partial charge is 0.465 e. The van der Waals surface area contributed by atoms with Crippen LogP contribution in [0, 0.1) is 5.41 Å². The van der Waals surface area contributed by atoms with Crippen LogP contribution in [-0.2, 0) is 19.6 Å². The van der Waals surface area contributed by atoms with Crippen LogP contribution in [0.5, 0.6) is 0 Å². The summed E-state index contributed by atoms with van der Waals surface area (Å²) in [6, 6.07) is 0. The standard InChI is InChI=1S/C14H29NO5S/c1-6-14(2,3)13(16)20-11-7-9-15(4,5)10-8-12-21(17,18)19/h6-12H2,1-5H3/p+1. The number of hydrogen-bond donors (Lipinski definition) is 1. The van der Waals surface area contributed by atoms with Gasteiger partial charge in [0.05, 0.1) is 45.0 Å². The number of esters is 1. The van der Waals surface area contributed by atoms with Crippen LogP contribution in [-0.4, -0.2) is 63.0 Å². The van der Waals surface area contributed by atoms with Crippen molar-refractivity contribution in [1.29, 1.82) is 0 Å². The number of hydrogen-bond acceptors (Lipinski definition) is 4. The van der Waals surface area contributed by atoms with E-state index in [0.717, 1.165) is 19.4 Å². The Kier molecular flexibility index (Phi) is 7.84. The molecule has 0 aliphatic heterocycles. The Labute approximate surface area is 128 Å². The quantitative estimate of drug-likeness (QED) is 0.286. The molecule has 0 aromatic rings. The molecule has 0 amide bonds. The molecule has 7 heteroatoms. The Morgan fingerprint density at radius 2 is 1.71 bits per heavy atom. The summed E-state index contributed by atoms with van der Waals surface area (Å²) in [5.41, 5.74) is -0.445. The van der Waals surface area contributed by atoms with Gasteiger partial charge in [0.1, 0.15) is 0 Å². The monoisotopic (exact) mass is 324 g/mol. The minimum atomic E-state index is -3.88. The average molecular weight is 324 g/mol. The Balaban J connectivity index is 3.97. The first-order valence-electron chi connectivity index (χ1n) is 7.34. The number of quaternary nitrogens is 1. The molecule has 0 spiro atoms. The van der Waals surface area contributed by atoms with E-state index >= 15 is 0 Å². The number of carbonyl (C=O) groups is 1. The minimum absolute atomic E-state index is 0.179. The molecule has 6 nitrogen and oxygen atoms in total. The van der Waals surface area contributed by atoms with Crippen molar-refractivity contribution in [1.82, 2.24) is 0 Å². The van der Waals surface area contributed by atoms with E-state index < -0.39 is 15.5 Å². The zero-order valence-electron chi connectivity index (χ0n) is 13.9. The fourth-order valence-electron chi connectivity index (χ4n) is 1.78. The molecule has 0 fully saturated rings. The molecule has 0 unspecified atom stereocenters. The lowest BCUT2D eigenvalue weighted by molar-refractivity contribution is -0.890. The van der Waals surface area contributed by atoms with E-state index in [1.54, 1.807) is 0 Å². The Morgan fingerprint density at radius 3 is 2.19 bits per heavy atom. The second-order valence-corrected chi connectivity index (χ2v) is 8.32. The van der Waals surface area contributed by atoms with Crippen LogP contribution in [0.1, 0.15) is 40.0 Å². The number of rotatable bonds is 10. The van der Waals surface area contributed by atoms with E-state index in [1.807, 2.05) is 34.9 Å². The van der Waals surface area contributed by atoms with E-state index in [2.05, 4.69) is 0 Å². The van der Waals surface area contributed by atoms with Gasteiger partial charge in [0.2, 0.25) is 0 Å². The lowest BCUT2D eigenvalue weighted by Crippen LogP contribution is -2.42. The average Bonchev–Trinajstić information content (AvgIpc) is 2.32. The van der Waals surface area contributed by atoms with Crippen molar-refractivity contribution in [2.75, 3.05) is 39.5 Å². The number of ether oxygens (including phenoxy) is 1. The van der Waals surface area contributed by atoms with E-state index in [1.165, 1.54) is 0 Å². The summed E-state index contributed by atoms with van der Waals surface area (Å²) in [5.74, 6) is -0.393. The van der Waals surface area contributed by atoms with Gasteiger partial charge < -0.3 is 9.22 Å². The van der Waals surface area contributed by atoms with Gasteiger partial charge in [0.25, 0.3) is 10.1 Å². The van der Waals surface area contributed by atoms with Crippen molar-refractivity contribution < 1.29 is 27.0 Å². The van der Waals surface area contributed by atoms with Gasteiger partial charge in [0, 0.05) is 12.8 Å². The van der Waals surface area contributed by atoms with Gasteiger partial charge >= 0.3 is 5.97 Å². The van der Waals surface area contributed by atoms with E-state index in [9.17, 15) is 13.2 Å². The van der Waals surface area contributed by atoms with Crippen LogP contribution in [0.2, 0.25) is 0 Å². The van der Waals surface area contributed by atoms with Gasteiger partial charge in [0.15, 0.2) is 0 Å². The SMILES string of the molecule is CCC(C)(C)C(=O)OCCC[N+](C)(C)CCCS(=O)(=O)O. The topological polar surface area (TPSA) is 80.7 Å². The lowest BCUT2D eigenvalue weighted by atomic mass is 9.91. The van der Waals surface area contributed by atoms with Gasteiger partial charge in [-0.3, -0.25) is 9.35 Å². The molecule has 0 aromatic heterocycles. The fraction of sp³-hybridized carbons (Fsp3) is 0.929. The second kappa shape index (κ2) is 8.10. The minimum Gasteiger partial charge on any atom is -0.465 e. The van der Waals surface area contributed by atoms with Crippen molar-refractivity contribution >= 4 is 16.1 Å². The van der Waals surface area contributed by atoms with Crippen LogP contribution in [0.3, 0.4) is 0 Å². The van der Waals surface area contributed by atoms with Crippen LogP contribution in [0.15, 0.2) is 0 Å². The van der Waals surface area contributed by atoms with Crippen molar-refractivity contribution in [3.05, 3.63) is 0 Å². The highest BCUT2D eigenvalue weighted by atomic mass is 32.2. The molecule has 0 saturated heterocycles. The molecular weight excluding hydrogens is 294 g/mol. The molecule has 0 rings (SSSR count). The van der Waals surface area contributed by atoms with Crippen LogP contribution in [0.25, 0.3) is 0 Å². The smallest absolute Gasteiger partial charge is 0.311 e. The fourth-order valence-corrected chi connectivity index (χ4v) is 2.28. The van der Waals surface area contributed by atoms with Gasteiger partial charge in [-0.15, -0.1) is 0 Å². The van der Waals surface area contributed by atoms with Crippen LogP contribution < -0.4 is 0 Å². The number of carbonyl (C=O) groups excluding carboxylic acids is 1. The first-order valence-corrected chi connectivity index (χ1v) is 8.95. The normalized spacial score (nSPS) is 13.2. The molecule has 0 aliphatic rings. The van der Waals surface area contributed by atoms with Crippen molar-refractivity contribution in [2.45, 2.75) is 40.0 Å². The van der Waals surface area contributed by atoms with Gasteiger partial charge in [-0.25, -0.2) is 0 Å². The van der Waals surface area contributed by atoms with Crippen molar-refractivity contribution in [2.24, 2.45) is 5.41 Å². The first kappa shape index (κ1) is 20.3. The Morgan fingerprint density at radius 1 is 1.19 bits per heavy atom. The molecule has 0 bridgehead atoms. The van der Waals surface area contributed by atoms with E-state index in [0.29, 0.717) is 24.1 Å². The molecule has 126 valence electrons. The molecule has 0 heterocycles. The Hall–Kier alpha value is -0.660. The molecule has 0 atom stereocenters. The number of nitrogens with zero attached hydrogens (tertiary/aromatic N) is 1. The summed E-state index contributed by atoms with van der Waals surface area (Å²) in [4.78, 5) is 11.8. The maximum absolute atomic E-state index is 11.8. The summed E-state index contributed by atoms with van der Waals surface area (Å²) in [5, 5.41) is 0. The van der Waals surface area contributed by atoms with Crippen molar-refractivity contribution in [3.63, 3.8) is 0 Å². The maximum atomic E-state index is 11.8. The molecule has 0 radical (unpaired) electrons. The molecular formula is C14H30NO5S+. The van der Waals surface area contributed by atoms with E-state index in [4.69, 9.17) is 9.29 Å². The molecule has 1 N–H and O–H groups in total. The summed E-state index contributed by atoms with van der Waals surface area (Å²) < 4.78 is 35.9. The van der Waals surface area contributed by atoms with Crippen LogP contribution in [0.4, 0.5) is 0 Å². The molecule has 21 heavy (non-hydrogen) atoms. The molecule has 0 aromatic carbocycles. The highest BCUT2D eigenvalue weighted by Gasteiger charge is 2.27. The summed E-state index contributed by atoms with van der Waals surface area (Å²) in [6.45, 7) is 7.49. The second-order valence-electron chi connectivity index (χ2n) is 6.75. The third-order valence-corrected chi connectivity index (χ3v) is 4.55. The third-order valence-electron chi connectivity index (χ3n) is 3.74. The molecule has 0 saturated carbocycles.